The van der Waals surface area contributed by atoms with Gasteiger partial charge in [-0.1, -0.05) is 30.3 Å². The molecule has 4 amide bonds. The maximum absolute atomic E-state index is 13.0. The molecule has 1 aromatic rings. The number of ether oxygens (including phenoxy) is 4. The second-order valence-corrected chi connectivity index (χ2v) is 13.5. The predicted molar refractivity (Wildman–Crippen MR) is 168 cm³/mol. The minimum Gasteiger partial charge on any atom is -0.459 e. The average molecular weight is 651 g/mol. The molecule has 0 saturated heterocycles. The standard InChI is InChI=1S/C32H50N4O10/c1-30(2,3)44-25(38)19-34-26(39)22(17-18-33-28(41)43-20-21-13-11-10-12-14-21)35-24(37)16-15-23(27(40)45-31(4,5)6)36-29(42)46-32(7,8)9/h10-14,22-23H,15-20H2,1-9H3,(H,33,41)(H,34,39)(H,35,37)(H,36,42)/t22-,23-/m0/s1. The third-order valence-corrected chi connectivity index (χ3v) is 5.44. The largest absolute Gasteiger partial charge is 0.459 e. The van der Waals surface area contributed by atoms with Gasteiger partial charge >= 0.3 is 24.1 Å². The summed E-state index contributed by atoms with van der Waals surface area (Å²) in [6, 6.07) is 6.64. The van der Waals surface area contributed by atoms with Crippen molar-refractivity contribution < 1.29 is 47.7 Å². The topological polar surface area (TPSA) is 187 Å². The van der Waals surface area contributed by atoms with E-state index in [4.69, 9.17) is 18.9 Å². The maximum Gasteiger partial charge on any atom is 0.408 e. The summed E-state index contributed by atoms with van der Waals surface area (Å²) in [5.74, 6) is -2.78. The van der Waals surface area contributed by atoms with Crippen molar-refractivity contribution in [3.8, 4) is 0 Å². The summed E-state index contributed by atoms with van der Waals surface area (Å²) in [5, 5.41) is 9.96. The zero-order valence-electron chi connectivity index (χ0n) is 28.4. The summed E-state index contributed by atoms with van der Waals surface area (Å²) in [4.78, 5) is 75.5. The molecule has 1 aromatic carbocycles. The number of hydrogen-bond donors (Lipinski definition) is 4. The first-order valence-corrected chi connectivity index (χ1v) is 15.1. The minimum atomic E-state index is -1.22. The molecular weight excluding hydrogens is 600 g/mol. The van der Waals surface area contributed by atoms with Crippen LogP contribution in [-0.2, 0) is 44.7 Å². The first kappa shape index (κ1) is 39.7. The Morgan fingerprint density at radius 3 is 1.83 bits per heavy atom. The quantitative estimate of drug-likeness (QED) is 0.172. The molecule has 0 heterocycles. The van der Waals surface area contributed by atoms with Gasteiger partial charge in [0.25, 0.3) is 0 Å². The number of rotatable bonds is 14. The Balaban J connectivity index is 2.89. The predicted octanol–water partition coefficient (Wildman–Crippen LogP) is 3.26. The van der Waals surface area contributed by atoms with Crippen LogP contribution in [0.4, 0.5) is 9.59 Å². The number of nitrogens with one attached hydrogen (secondary N) is 4. The van der Waals surface area contributed by atoms with E-state index >= 15 is 0 Å². The van der Waals surface area contributed by atoms with Crippen LogP contribution in [-0.4, -0.2) is 77.9 Å². The van der Waals surface area contributed by atoms with Gasteiger partial charge in [-0.2, -0.15) is 0 Å². The lowest BCUT2D eigenvalue weighted by atomic mass is 10.1. The van der Waals surface area contributed by atoms with Gasteiger partial charge in [0.15, 0.2) is 0 Å². The Kier molecular flexibility index (Phi) is 15.5. The Morgan fingerprint density at radius 2 is 1.26 bits per heavy atom. The number of benzene rings is 1. The fourth-order valence-electron chi connectivity index (χ4n) is 3.64. The Labute approximate surface area is 271 Å². The van der Waals surface area contributed by atoms with Crippen molar-refractivity contribution in [2.45, 2.75) is 117 Å². The van der Waals surface area contributed by atoms with Gasteiger partial charge in [0.2, 0.25) is 11.8 Å². The van der Waals surface area contributed by atoms with Crippen LogP contribution in [0.25, 0.3) is 0 Å². The van der Waals surface area contributed by atoms with E-state index in [-0.39, 0.29) is 32.4 Å². The van der Waals surface area contributed by atoms with Crippen LogP contribution in [0.1, 0.15) is 87.1 Å². The van der Waals surface area contributed by atoms with E-state index in [0.717, 1.165) is 5.56 Å². The van der Waals surface area contributed by atoms with Gasteiger partial charge in [0.1, 0.15) is 42.0 Å². The Hall–Kier alpha value is -4.36. The van der Waals surface area contributed by atoms with Crippen LogP contribution in [0.15, 0.2) is 30.3 Å². The molecule has 46 heavy (non-hydrogen) atoms. The third-order valence-electron chi connectivity index (χ3n) is 5.44. The summed E-state index contributed by atoms with van der Waals surface area (Å²) in [5.41, 5.74) is -1.67. The van der Waals surface area contributed by atoms with Crippen LogP contribution in [0.2, 0.25) is 0 Å². The van der Waals surface area contributed by atoms with Crippen molar-refractivity contribution >= 4 is 35.9 Å². The molecule has 4 N–H and O–H groups in total. The summed E-state index contributed by atoms with van der Waals surface area (Å²) in [7, 11) is 0. The molecule has 1 rings (SSSR count). The molecule has 0 radical (unpaired) electrons. The fourth-order valence-corrected chi connectivity index (χ4v) is 3.64. The molecule has 0 bridgehead atoms. The molecule has 14 heteroatoms. The molecule has 0 aliphatic rings. The second-order valence-electron chi connectivity index (χ2n) is 13.5. The van der Waals surface area contributed by atoms with Gasteiger partial charge in [0.05, 0.1) is 0 Å². The molecule has 258 valence electrons. The SMILES string of the molecule is CC(C)(C)OC(=O)CNC(=O)[C@H](CCNC(=O)OCc1ccccc1)NC(=O)CC[C@H](NC(=O)OC(C)(C)C)C(=O)OC(C)(C)C. The summed E-state index contributed by atoms with van der Waals surface area (Å²) >= 11 is 0. The molecular formula is C32H50N4O10. The number of esters is 2. The van der Waals surface area contributed by atoms with Gasteiger partial charge < -0.3 is 40.2 Å². The van der Waals surface area contributed by atoms with E-state index in [2.05, 4.69) is 21.3 Å². The normalized spacial score (nSPS) is 12.9. The molecule has 14 nitrogen and oxygen atoms in total. The average Bonchev–Trinajstić information content (AvgIpc) is 2.90. The highest BCUT2D eigenvalue weighted by Gasteiger charge is 2.30. The zero-order chi connectivity index (χ0) is 35.1. The van der Waals surface area contributed by atoms with Crippen molar-refractivity contribution in [2.75, 3.05) is 13.1 Å². The van der Waals surface area contributed by atoms with Crippen LogP contribution in [0.5, 0.6) is 0 Å². The second kappa shape index (κ2) is 18.0. The Bertz CT molecular complexity index is 1180. The highest BCUT2D eigenvalue weighted by atomic mass is 16.6. The van der Waals surface area contributed by atoms with Crippen LogP contribution in [0.3, 0.4) is 0 Å². The first-order chi connectivity index (χ1) is 21.1. The summed E-state index contributed by atoms with van der Waals surface area (Å²) in [6.45, 7) is 14.5. The van der Waals surface area contributed by atoms with Crippen LogP contribution < -0.4 is 21.3 Å². The van der Waals surface area contributed by atoms with Crippen LogP contribution >= 0.6 is 0 Å². The van der Waals surface area contributed by atoms with E-state index < -0.39 is 71.4 Å². The number of amides is 4. The lowest BCUT2D eigenvalue weighted by Crippen LogP contribution is -2.50. The third kappa shape index (κ3) is 19.1. The number of carbonyl (C=O) groups excluding carboxylic acids is 6. The summed E-state index contributed by atoms with van der Waals surface area (Å²) in [6.07, 6.45) is -2.11. The van der Waals surface area contributed by atoms with Gasteiger partial charge in [-0.15, -0.1) is 0 Å². The summed E-state index contributed by atoms with van der Waals surface area (Å²) < 4.78 is 21.0. The highest BCUT2D eigenvalue weighted by molar-refractivity contribution is 5.90. The van der Waals surface area contributed by atoms with Crippen molar-refractivity contribution in [3.05, 3.63) is 35.9 Å². The van der Waals surface area contributed by atoms with E-state index in [9.17, 15) is 28.8 Å². The zero-order valence-corrected chi connectivity index (χ0v) is 28.4. The van der Waals surface area contributed by atoms with Crippen molar-refractivity contribution in [2.24, 2.45) is 0 Å². The molecule has 0 saturated carbocycles. The van der Waals surface area contributed by atoms with E-state index in [0.29, 0.717) is 0 Å². The fraction of sp³-hybridized carbons (Fsp3) is 0.625. The van der Waals surface area contributed by atoms with E-state index in [1.54, 1.807) is 74.4 Å². The van der Waals surface area contributed by atoms with Gasteiger partial charge in [-0.05, 0) is 80.7 Å². The number of carbonyl (C=O) groups is 6. The van der Waals surface area contributed by atoms with Crippen molar-refractivity contribution in [1.29, 1.82) is 0 Å². The molecule has 0 aliphatic carbocycles. The lowest BCUT2D eigenvalue weighted by Gasteiger charge is -2.26. The lowest BCUT2D eigenvalue weighted by molar-refractivity contribution is -0.158. The molecule has 0 unspecified atom stereocenters. The van der Waals surface area contributed by atoms with E-state index in [1.165, 1.54) is 0 Å². The Morgan fingerprint density at radius 1 is 0.674 bits per heavy atom. The maximum atomic E-state index is 13.0. The van der Waals surface area contributed by atoms with Crippen LogP contribution in [0, 0.1) is 0 Å². The van der Waals surface area contributed by atoms with Gasteiger partial charge in [-0.25, -0.2) is 14.4 Å². The first-order valence-electron chi connectivity index (χ1n) is 15.1. The molecule has 0 fully saturated rings. The molecule has 2 atom stereocenters. The molecule has 0 aliphatic heterocycles. The molecule has 0 aromatic heterocycles. The van der Waals surface area contributed by atoms with Gasteiger partial charge in [0, 0.05) is 13.0 Å². The van der Waals surface area contributed by atoms with Crippen molar-refractivity contribution in [3.63, 3.8) is 0 Å². The number of alkyl carbamates (subject to hydrolysis) is 2. The highest BCUT2D eigenvalue weighted by Crippen LogP contribution is 2.13. The number of hydrogen-bond acceptors (Lipinski definition) is 10. The van der Waals surface area contributed by atoms with Crippen molar-refractivity contribution in [1.82, 2.24) is 21.3 Å². The monoisotopic (exact) mass is 650 g/mol. The minimum absolute atomic E-state index is 0.0410. The van der Waals surface area contributed by atoms with Gasteiger partial charge in [-0.3, -0.25) is 14.4 Å². The molecule has 0 spiro atoms. The smallest absolute Gasteiger partial charge is 0.408 e. The van der Waals surface area contributed by atoms with E-state index in [1.807, 2.05) is 18.2 Å².